The highest BCUT2D eigenvalue weighted by Crippen LogP contribution is 2.24. The summed E-state index contributed by atoms with van der Waals surface area (Å²) in [5.74, 6) is 1.36. The first-order chi connectivity index (χ1) is 8.15. The minimum absolute atomic E-state index is 0.177. The largest absolute Gasteiger partial charge is 0.508 e. The molecule has 0 bridgehead atoms. The van der Waals surface area contributed by atoms with Crippen molar-refractivity contribution in [2.75, 3.05) is 0 Å². The second-order valence-corrected chi connectivity index (χ2v) is 3.54. The second kappa shape index (κ2) is 4.86. The van der Waals surface area contributed by atoms with Gasteiger partial charge in [-0.15, -0.1) is 0 Å². The molecule has 2 aromatic carbocycles. The van der Waals surface area contributed by atoms with Gasteiger partial charge in [0.25, 0.3) is 0 Å². The van der Waals surface area contributed by atoms with E-state index in [9.17, 15) is 0 Å². The topological polar surface area (TPSA) is 69.9 Å². The Labute approximate surface area is 98.3 Å². The summed E-state index contributed by atoms with van der Waals surface area (Å²) in [6, 6.07) is 12.8. The van der Waals surface area contributed by atoms with E-state index in [2.05, 4.69) is 0 Å². The van der Waals surface area contributed by atoms with Gasteiger partial charge < -0.3 is 20.1 Å². The Kier molecular flexibility index (Phi) is 3.27. The smallest absolute Gasteiger partial charge is 0.178 e. The number of phenolic OH excluding ortho intramolecular Hbond substituents is 1. The van der Waals surface area contributed by atoms with Crippen LogP contribution in [0.4, 0.5) is 0 Å². The lowest BCUT2D eigenvalue weighted by atomic mass is 10.2. The van der Waals surface area contributed by atoms with Gasteiger partial charge in [0, 0.05) is 5.56 Å². The van der Waals surface area contributed by atoms with E-state index in [0.29, 0.717) is 17.1 Å². The van der Waals surface area contributed by atoms with Gasteiger partial charge in [0.1, 0.15) is 17.2 Å². The molecule has 0 radical (unpaired) electrons. The van der Waals surface area contributed by atoms with Gasteiger partial charge in [0.15, 0.2) is 6.29 Å². The molecule has 4 nitrogen and oxygen atoms in total. The van der Waals surface area contributed by atoms with Crippen LogP contribution in [-0.4, -0.2) is 15.3 Å². The number of rotatable bonds is 3. The van der Waals surface area contributed by atoms with Crippen molar-refractivity contribution in [2.45, 2.75) is 6.29 Å². The predicted molar refractivity (Wildman–Crippen MR) is 61.8 cm³/mol. The van der Waals surface area contributed by atoms with Crippen LogP contribution in [0.1, 0.15) is 11.9 Å². The number of phenols is 1. The third-order valence-electron chi connectivity index (χ3n) is 2.25. The van der Waals surface area contributed by atoms with E-state index in [4.69, 9.17) is 20.1 Å². The normalized spacial score (nSPS) is 10.5. The minimum Gasteiger partial charge on any atom is -0.508 e. The Morgan fingerprint density at radius 3 is 1.71 bits per heavy atom. The molecular formula is C13H12O4. The predicted octanol–water partition coefficient (Wildman–Crippen LogP) is 2.17. The van der Waals surface area contributed by atoms with Crippen LogP contribution in [0.2, 0.25) is 0 Å². The van der Waals surface area contributed by atoms with E-state index in [1.807, 2.05) is 0 Å². The molecule has 0 saturated heterocycles. The molecule has 0 unspecified atom stereocenters. The molecule has 2 aromatic rings. The summed E-state index contributed by atoms with van der Waals surface area (Å²) in [5, 5.41) is 27.0. The van der Waals surface area contributed by atoms with E-state index >= 15 is 0 Å². The second-order valence-electron chi connectivity index (χ2n) is 3.54. The highest BCUT2D eigenvalue weighted by molar-refractivity contribution is 5.35. The van der Waals surface area contributed by atoms with Gasteiger partial charge in [-0.05, 0) is 36.4 Å². The van der Waals surface area contributed by atoms with Gasteiger partial charge in [-0.1, -0.05) is 12.1 Å². The molecule has 4 heteroatoms. The van der Waals surface area contributed by atoms with Crippen molar-refractivity contribution < 1.29 is 20.1 Å². The monoisotopic (exact) mass is 232 g/mol. The van der Waals surface area contributed by atoms with Crippen molar-refractivity contribution >= 4 is 0 Å². The molecular weight excluding hydrogens is 220 g/mol. The zero-order valence-corrected chi connectivity index (χ0v) is 8.95. The molecule has 88 valence electrons. The fourth-order valence-electron chi connectivity index (χ4n) is 1.36. The van der Waals surface area contributed by atoms with Crippen LogP contribution in [0.5, 0.6) is 17.2 Å². The van der Waals surface area contributed by atoms with E-state index in [0.717, 1.165) is 0 Å². The van der Waals surface area contributed by atoms with Crippen LogP contribution in [0.15, 0.2) is 48.5 Å². The first kappa shape index (κ1) is 11.4. The highest BCUT2D eigenvalue weighted by Gasteiger charge is 2.02. The van der Waals surface area contributed by atoms with E-state index < -0.39 is 6.29 Å². The number of benzene rings is 2. The Bertz CT molecular complexity index is 474. The number of aromatic hydroxyl groups is 1. The average molecular weight is 232 g/mol. The van der Waals surface area contributed by atoms with Crippen LogP contribution in [-0.2, 0) is 0 Å². The van der Waals surface area contributed by atoms with Crippen molar-refractivity contribution in [3.05, 3.63) is 54.1 Å². The van der Waals surface area contributed by atoms with Gasteiger partial charge in [0.05, 0.1) is 0 Å². The van der Waals surface area contributed by atoms with E-state index in [1.54, 1.807) is 36.4 Å². The fraction of sp³-hybridized carbons (Fsp3) is 0.0769. The summed E-state index contributed by atoms with van der Waals surface area (Å²) < 4.78 is 5.49. The third-order valence-corrected chi connectivity index (χ3v) is 2.25. The van der Waals surface area contributed by atoms with Crippen LogP contribution in [0, 0.1) is 0 Å². The molecule has 0 amide bonds. The Morgan fingerprint density at radius 2 is 1.24 bits per heavy atom. The molecule has 0 spiro atoms. The summed E-state index contributed by atoms with van der Waals surface area (Å²) >= 11 is 0. The molecule has 0 atom stereocenters. The van der Waals surface area contributed by atoms with E-state index in [1.165, 1.54) is 12.1 Å². The third kappa shape index (κ3) is 2.96. The van der Waals surface area contributed by atoms with Crippen molar-refractivity contribution in [1.82, 2.24) is 0 Å². The van der Waals surface area contributed by atoms with Crippen molar-refractivity contribution in [3.63, 3.8) is 0 Å². The average Bonchev–Trinajstić information content (AvgIpc) is 2.33. The summed E-state index contributed by atoms with van der Waals surface area (Å²) in [6.45, 7) is 0. The zero-order chi connectivity index (χ0) is 12.3. The highest BCUT2D eigenvalue weighted by atomic mass is 16.5. The van der Waals surface area contributed by atoms with Gasteiger partial charge in [-0.3, -0.25) is 0 Å². The molecule has 2 rings (SSSR count). The van der Waals surface area contributed by atoms with E-state index in [-0.39, 0.29) is 5.75 Å². The van der Waals surface area contributed by atoms with Crippen LogP contribution in [0.3, 0.4) is 0 Å². The molecule has 0 saturated carbocycles. The lowest BCUT2D eigenvalue weighted by Gasteiger charge is -2.07. The maximum Gasteiger partial charge on any atom is 0.178 e. The number of ether oxygens (including phenoxy) is 1. The summed E-state index contributed by atoms with van der Waals surface area (Å²) in [6.07, 6.45) is -1.47. The standard InChI is InChI=1S/C13H12O4/c14-10-3-7-12(8-4-10)17-11-5-1-9(2-6-11)13(15)16/h1-8,13-16H. The molecule has 0 aliphatic rings. The lowest BCUT2D eigenvalue weighted by molar-refractivity contribution is -0.0424. The zero-order valence-electron chi connectivity index (χ0n) is 8.95. The van der Waals surface area contributed by atoms with Crippen LogP contribution >= 0.6 is 0 Å². The van der Waals surface area contributed by atoms with Gasteiger partial charge in [0.2, 0.25) is 0 Å². The molecule has 0 heterocycles. The van der Waals surface area contributed by atoms with Gasteiger partial charge in [-0.2, -0.15) is 0 Å². The van der Waals surface area contributed by atoms with Gasteiger partial charge >= 0.3 is 0 Å². The number of aliphatic hydroxyl groups excluding tert-OH is 1. The number of hydrogen-bond donors (Lipinski definition) is 3. The lowest BCUT2D eigenvalue weighted by Crippen LogP contribution is -1.94. The molecule has 17 heavy (non-hydrogen) atoms. The number of hydrogen-bond acceptors (Lipinski definition) is 4. The number of aliphatic hydroxyl groups is 2. The fourth-order valence-corrected chi connectivity index (χ4v) is 1.36. The van der Waals surface area contributed by atoms with Crippen LogP contribution in [0.25, 0.3) is 0 Å². The molecule has 0 aliphatic carbocycles. The first-order valence-electron chi connectivity index (χ1n) is 5.08. The quantitative estimate of drug-likeness (QED) is 0.709. The first-order valence-corrected chi connectivity index (χ1v) is 5.08. The molecule has 0 aromatic heterocycles. The molecule has 0 aliphatic heterocycles. The van der Waals surface area contributed by atoms with Crippen molar-refractivity contribution in [1.29, 1.82) is 0 Å². The van der Waals surface area contributed by atoms with Gasteiger partial charge in [-0.25, -0.2) is 0 Å². The van der Waals surface area contributed by atoms with Crippen molar-refractivity contribution in [2.24, 2.45) is 0 Å². The molecule has 3 N–H and O–H groups in total. The van der Waals surface area contributed by atoms with Crippen LogP contribution < -0.4 is 4.74 Å². The summed E-state index contributed by atoms with van der Waals surface area (Å²) in [7, 11) is 0. The minimum atomic E-state index is -1.47. The Morgan fingerprint density at radius 1 is 0.765 bits per heavy atom. The summed E-state index contributed by atoms with van der Waals surface area (Å²) in [5.41, 5.74) is 0.406. The molecule has 0 fully saturated rings. The van der Waals surface area contributed by atoms with Crippen molar-refractivity contribution in [3.8, 4) is 17.2 Å². The maximum absolute atomic E-state index is 9.11. The maximum atomic E-state index is 9.11. The SMILES string of the molecule is Oc1ccc(Oc2ccc(C(O)O)cc2)cc1. The Balaban J connectivity index is 2.11. The Hall–Kier alpha value is -2.04. The summed E-state index contributed by atoms with van der Waals surface area (Å²) in [4.78, 5) is 0.